The van der Waals surface area contributed by atoms with E-state index >= 15 is 0 Å². The Hall–Kier alpha value is -4.19. The molecule has 0 spiro atoms. The zero-order valence-corrected chi connectivity index (χ0v) is 19.8. The van der Waals surface area contributed by atoms with Crippen molar-refractivity contribution >= 4 is 29.1 Å². The Morgan fingerprint density at radius 3 is 2.47 bits per heavy atom. The summed E-state index contributed by atoms with van der Waals surface area (Å²) in [6.45, 7) is 0.387. The molecule has 0 radical (unpaired) electrons. The van der Waals surface area contributed by atoms with Crippen molar-refractivity contribution in [3.63, 3.8) is 0 Å². The van der Waals surface area contributed by atoms with Gasteiger partial charge in [-0.3, -0.25) is 19.5 Å². The number of benzene rings is 2. The number of rotatable bonds is 7. The topological polar surface area (TPSA) is 113 Å². The van der Waals surface area contributed by atoms with Gasteiger partial charge in [-0.05, 0) is 55.3 Å². The molecule has 1 aliphatic heterocycles. The zero-order valence-electron chi connectivity index (χ0n) is 19.0. The molecule has 0 bridgehead atoms. The van der Waals surface area contributed by atoms with Gasteiger partial charge in [0.15, 0.2) is 4.80 Å². The van der Waals surface area contributed by atoms with Crippen molar-refractivity contribution in [1.82, 2.24) is 4.57 Å². The number of ether oxygens (including phenoxy) is 2. The van der Waals surface area contributed by atoms with Gasteiger partial charge in [0, 0.05) is 12.1 Å². The standard InChI is InChI=1S/C24H19F2N3O6S/c1-3-34-22(31)19-13(2)27-24-28(20(19)15-6-10-17(11-7-15)35-23(25)26)21(30)18(36-24)12-14-4-8-16(9-5-14)29(32)33/h4-12,20,23H,3H2,1-2H3/b18-12+. The molecule has 9 nitrogen and oxygen atoms in total. The number of allylic oxidation sites excluding steroid dienone is 1. The van der Waals surface area contributed by atoms with Crippen LogP contribution in [-0.4, -0.2) is 28.7 Å². The first-order valence-electron chi connectivity index (χ1n) is 10.7. The zero-order chi connectivity index (χ0) is 26.0. The Morgan fingerprint density at radius 2 is 1.89 bits per heavy atom. The lowest BCUT2D eigenvalue weighted by Crippen LogP contribution is -2.39. The lowest BCUT2D eigenvalue weighted by molar-refractivity contribution is -0.384. The third-order valence-corrected chi connectivity index (χ3v) is 6.32. The van der Waals surface area contributed by atoms with Crippen molar-refractivity contribution in [2.75, 3.05) is 6.61 Å². The van der Waals surface area contributed by atoms with Crippen LogP contribution in [-0.2, 0) is 9.53 Å². The number of carbonyl (C=O) groups is 1. The van der Waals surface area contributed by atoms with E-state index in [9.17, 15) is 28.5 Å². The van der Waals surface area contributed by atoms with Crippen molar-refractivity contribution < 1.29 is 28.0 Å². The van der Waals surface area contributed by atoms with Crippen molar-refractivity contribution in [2.45, 2.75) is 26.5 Å². The Kier molecular flexibility index (Phi) is 7.06. The third-order valence-electron chi connectivity index (χ3n) is 5.34. The molecule has 0 saturated heterocycles. The van der Waals surface area contributed by atoms with Crippen LogP contribution in [0.4, 0.5) is 14.5 Å². The molecule has 0 N–H and O–H groups in total. The molecule has 1 unspecified atom stereocenters. The molecule has 2 aromatic carbocycles. The fourth-order valence-corrected chi connectivity index (χ4v) is 4.83. The monoisotopic (exact) mass is 515 g/mol. The second-order valence-electron chi connectivity index (χ2n) is 7.60. The molecule has 0 amide bonds. The van der Waals surface area contributed by atoms with E-state index in [1.807, 2.05) is 0 Å². The summed E-state index contributed by atoms with van der Waals surface area (Å²) in [6.07, 6.45) is 1.58. The fourth-order valence-electron chi connectivity index (χ4n) is 3.78. The SMILES string of the molecule is CCOC(=O)C1=C(C)N=c2s/c(=C/c3ccc([N+](=O)[O-])cc3)c(=O)n2C1c1ccc(OC(F)F)cc1. The highest BCUT2D eigenvalue weighted by molar-refractivity contribution is 7.07. The highest BCUT2D eigenvalue weighted by atomic mass is 32.1. The third kappa shape index (κ3) is 4.93. The van der Waals surface area contributed by atoms with Crippen molar-refractivity contribution in [3.05, 3.63) is 101 Å². The quantitative estimate of drug-likeness (QED) is 0.271. The molecule has 1 aliphatic rings. The number of aromatic nitrogens is 1. The summed E-state index contributed by atoms with van der Waals surface area (Å²) in [7, 11) is 0. The van der Waals surface area contributed by atoms with Gasteiger partial charge in [0.05, 0.1) is 33.4 Å². The van der Waals surface area contributed by atoms with Gasteiger partial charge in [-0.2, -0.15) is 8.78 Å². The van der Waals surface area contributed by atoms with Crippen LogP contribution in [0.5, 0.6) is 5.75 Å². The van der Waals surface area contributed by atoms with Gasteiger partial charge in [0.1, 0.15) is 5.75 Å². The Balaban J connectivity index is 1.86. The average Bonchev–Trinajstić information content (AvgIpc) is 3.13. The number of esters is 1. The minimum absolute atomic E-state index is 0.0716. The molecule has 4 rings (SSSR count). The maximum absolute atomic E-state index is 13.5. The summed E-state index contributed by atoms with van der Waals surface area (Å²) in [4.78, 5) is 41.5. The minimum Gasteiger partial charge on any atom is -0.463 e. The number of fused-ring (bicyclic) bond motifs is 1. The summed E-state index contributed by atoms with van der Waals surface area (Å²) < 4.78 is 36.4. The van der Waals surface area contributed by atoms with E-state index in [0.29, 0.717) is 26.2 Å². The summed E-state index contributed by atoms with van der Waals surface area (Å²) in [6, 6.07) is 10.4. The average molecular weight is 515 g/mol. The molecule has 186 valence electrons. The number of halogens is 2. The minimum atomic E-state index is -3.00. The number of hydrogen-bond acceptors (Lipinski definition) is 8. The smallest absolute Gasteiger partial charge is 0.387 e. The Morgan fingerprint density at radius 1 is 1.22 bits per heavy atom. The first-order valence-corrected chi connectivity index (χ1v) is 11.5. The van der Waals surface area contributed by atoms with Crippen molar-refractivity contribution in [2.24, 2.45) is 4.99 Å². The predicted octanol–water partition coefficient (Wildman–Crippen LogP) is 3.31. The van der Waals surface area contributed by atoms with Crippen LogP contribution in [0, 0.1) is 10.1 Å². The normalized spacial score (nSPS) is 15.5. The summed E-state index contributed by atoms with van der Waals surface area (Å²) in [5.74, 6) is -0.723. The van der Waals surface area contributed by atoms with Crippen LogP contribution < -0.4 is 19.6 Å². The van der Waals surface area contributed by atoms with Crippen LogP contribution in [0.25, 0.3) is 6.08 Å². The maximum atomic E-state index is 13.5. The molecular formula is C24H19F2N3O6S. The molecule has 3 aromatic rings. The van der Waals surface area contributed by atoms with Crippen LogP contribution in [0.1, 0.15) is 31.0 Å². The number of thiazole rings is 1. The largest absolute Gasteiger partial charge is 0.463 e. The van der Waals surface area contributed by atoms with E-state index in [-0.39, 0.29) is 23.6 Å². The molecular weight excluding hydrogens is 496 g/mol. The Labute approximate surface area is 206 Å². The maximum Gasteiger partial charge on any atom is 0.387 e. The van der Waals surface area contributed by atoms with Crippen molar-refractivity contribution in [3.8, 4) is 5.75 Å². The van der Waals surface area contributed by atoms with Crippen LogP contribution >= 0.6 is 11.3 Å². The predicted molar refractivity (Wildman–Crippen MR) is 127 cm³/mol. The first-order chi connectivity index (χ1) is 17.2. The highest BCUT2D eigenvalue weighted by Gasteiger charge is 2.33. The van der Waals surface area contributed by atoms with Crippen molar-refractivity contribution in [1.29, 1.82) is 0 Å². The van der Waals surface area contributed by atoms with Gasteiger partial charge < -0.3 is 9.47 Å². The number of non-ortho nitro benzene ring substituents is 1. The van der Waals surface area contributed by atoms with Crippen LogP contribution in [0.2, 0.25) is 0 Å². The van der Waals surface area contributed by atoms with E-state index in [4.69, 9.17) is 4.74 Å². The second-order valence-corrected chi connectivity index (χ2v) is 8.61. The summed E-state index contributed by atoms with van der Waals surface area (Å²) >= 11 is 1.09. The molecule has 0 aliphatic carbocycles. The molecule has 1 aromatic heterocycles. The molecule has 36 heavy (non-hydrogen) atoms. The number of alkyl halides is 2. The Bertz CT molecular complexity index is 1530. The van der Waals surface area contributed by atoms with Gasteiger partial charge in [-0.1, -0.05) is 23.5 Å². The van der Waals surface area contributed by atoms with Gasteiger partial charge in [-0.25, -0.2) is 9.79 Å². The number of carbonyl (C=O) groups excluding carboxylic acids is 1. The molecule has 2 heterocycles. The van der Waals surface area contributed by atoms with Crippen LogP contribution in [0.15, 0.2) is 69.6 Å². The molecule has 12 heteroatoms. The fraction of sp³-hybridized carbons (Fsp3) is 0.208. The lowest BCUT2D eigenvalue weighted by Gasteiger charge is -2.24. The van der Waals surface area contributed by atoms with E-state index in [1.54, 1.807) is 19.9 Å². The number of nitro benzene ring substituents is 1. The second kappa shape index (κ2) is 10.2. The highest BCUT2D eigenvalue weighted by Crippen LogP contribution is 2.31. The van der Waals surface area contributed by atoms with Gasteiger partial charge >= 0.3 is 12.6 Å². The summed E-state index contributed by atoms with van der Waals surface area (Å²) in [5.41, 5.74) is 1.02. The van der Waals surface area contributed by atoms with E-state index in [1.165, 1.54) is 53.1 Å². The number of hydrogen-bond donors (Lipinski definition) is 0. The number of nitro groups is 1. The molecule has 0 fully saturated rings. The van der Waals surface area contributed by atoms with Crippen LogP contribution in [0.3, 0.4) is 0 Å². The van der Waals surface area contributed by atoms with Gasteiger partial charge in [0.25, 0.3) is 11.2 Å². The summed E-state index contributed by atoms with van der Waals surface area (Å²) in [5, 5.41) is 10.9. The van der Waals surface area contributed by atoms with Gasteiger partial charge in [0.2, 0.25) is 0 Å². The van der Waals surface area contributed by atoms with E-state index in [2.05, 4.69) is 9.73 Å². The van der Waals surface area contributed by atoms with Gasteiger partial charge in [-0.15, -0.1) is 0 Å². The number of nitrogens with zero attached hydrogens (tertiary/aromatic N) is 3. The van der Waals surface area contributed by atoms with E-state index in [0.717, 1.165) is 11.3 Å². The molecule has 1 atom stereocenters. The van der Waals surface area contributed by atoms with E-state index < -0.39 is 29.1 Å². The lowest BCUT2D eigenvalue weighted by atomic mass is 9.96. The molecule has 0 saturated carbocycles. The first kappa shape index (κ1) is 24.9.